The summed E-state index contributed by atoms with van der Waals surface area (Å²) in [5, 5.41) is 0. The molecule has 0 saturated heterocycles. The van der Waals surface area contributed by atoms with Crippen molar-refractivity contribution in [1.82, 2.24) is 0 Å². The van der Waals surface area contributed by atoms with Gasteiger partial charge < -0.3 is 5.73 Å². The number of rotatable bonds is 1. The van der Waals surface area contributed by atoms with E-state index in [1.54, 1.807) is 11.3 Å². The fourth-order valence-electron chi connectivity index (χ4n) is 0.573. The minimum absolute atomic E-state index is 0.193. The van der Waals surface area contributed by atoms with Crippen LogP contribution >= 0.6 is 33.9 Å². The molecule has 0 fully saturated rings. The zero-order valence-electron chi connectivity index (χ0n) is 5.10. The number of nitrogens with two attached hydrogens (primary N) is 1. The Morgan fingerprint density at radius 3 is 2.56 bits per heavy atom. The first-order valence-corrected chi connectivity index (χ1v) is 4.60. The summed E-state index contributed by atoms with van der Waals surface area (Å²) in [5.41, 5.74) is 5.63. The van der Waals surface area contributed by atoms with Crippen LogP contribution in [0.3, 0.4) is 0 Å². The highest BCUT2D eigenvalue weighted by atomic mass is 127. The lowest BCUT2D eigenvalue weighted by Gasteiger charge is -1.96. The van der Waals surface area contributed by atoms with Crippen LogP contribution in [0.5, 0.6) is 0 Å². The van der Waals surface area contributed by atoms with Gasteiger partial charge in [0.2, 0.25) is 0 Å². The molecule has 0 aliphatic heterocycles. The number of thiophene rings is 1. The van der Waals surface area contributed by atoms with Gasteiger partial charge in [0.15, 0.2) is 0 Å². The summed E-state index contributed by atoms with van der Waals surface area (Å²) in [4.78, 5) is 1.26. The van der Waals surface area contributed by atoms with Crippen LogP contribution in [0.1, 0.15) is 17.8 Å². The summed E-state index contributed by atoms with van der Waals surface area (Å²) >= 11 is 4.05. The maximum atomic E-state index is 5.63. The molecule has 1 nitrogen and oxygen atoms in total. The zero-order chi connectivity index (χ0) is 6.85. The second-order valence-electron chi connectivity index (χ2n) is 1.93. The van der Waals surface area contributed by atoms with Gasteiger partial charge in [0.1, 0.15) is 0 Å². The van der Waals surface area contributed by atoms with E-state index in [-0.39, 0.29) is 6.04 Å². The summed E-state index contributed by atoms with van der Waals surface area (Å²) < 4.78 is 1.31. The van der Waals surface area contributed by atoms with Gasteiger partial charge in [-0.15, -0.1) is 11.3 Å². The molecular weight excluding hydrogens is 245 g/mol. The molecule has 0 radical (unpaired) electrons. The van der Waals surface area contributed by atoms with Crippen LogP contribution in [0.4, 0.5) is 0 Å². The maximum Gasteiger partial charge on any atom is 0.0656 e. The topological polar surface area (TPSA) is 26.0 Å². The third-order valence-corrected chi connectivity index (χ3v) is 3.14. The zero-order valence-corrected chi connectivity index (χ0v) is 8.07. The van der Waals surface area contributed by atoms with Gasteiger partial charge in [0.25, 0.3) is 0 Å². The molecule has 0 amide bonds. The van der Waals surface area contributed by atoms with E-state index in [2.05, 4.69) is 34.7 Å². The van der Waals surface area contributed by atoms with Crippen LogP contribution in [-0.4, -0.2) is 0 Å². The lowest BCUT2D eigenvalue weighted by molar-refractivity contribution is 0.838. The van der Waals surface area contributed by atoms with Crippen LogP contribution in [0.25, 0.3) is 0 Å². The van der Waals surface area contributed by atoms with Gasteiger partial charge in [-0.2, -0.15) is 0 Å². The van der Waals surface area contributed by atoms with Gasteiger partial charge >= 0.3 is 0 Å². The predicted molar refractivity (Wildman–Crippen MR) is 49.6 cm³/mol. The Morgan fingerprint density at radius 1 is 1.67 bits per heavy atom. The first kappa shape index (κ1) is 7.50. The van der Waals surface area contributed by atoms with Gasteiger partial charge in [-0.3, -0.25) is 0 Å². The van der Waals surface area contributed by atoms with Gasteiger partial charge in [-0.05, 0) is 41.6 Å². The van der Waals surface area contributed by atoms with Gasteiger partial charge in [0.05, 0.1) is 2.88 Å². The van der Waals surface area contributed by atoms with E-state index in [0.29, 0.717) is 0 Å². The van der Waals surface area contributed by atoms with E-state index in [1.807, 2.05) is 6.92 Å². The van der Waals surface area contributed by atoms with Crippen molar-refractivity contribution < 1.29 is 0 Å². The van der Waals surface area contributed by atoms with Crippen LogP contribution in [-0.2, 0) is 0 Å². The van der Waals surface area contributed by atoms with Gasteiger partial charge in [0, 0.05) is 10.9 Å². The molecule has 0 spiro atoms. The molecule has 50 valence electrons. The molecule has 0 aliphatic carbocycles. The molecule has 0 aromatic carbocycles. The molecule has 0 saturated carbocycles. The molecule has 1 atom stereocenters. The van der Waals surface area contributed by atoms with E-state index >= 15 is 0 Å². The molecule has 2 N–H and O–H groups in total. The molecule has 1 aromatic rings. The average molecular weight is 253 g/mol. The lowest BCUT2D eigenvalue weighted by Crippen LogP contribution is -2.01. The van der Waals surface area contributed by atoms with E-state index in [1.165, 1.54) is 7.76 Å². The van der Waals surface area contributed by atoms with E-state index < -0.39 is 0 Å². The smallest absolute Gasteiger partial charge is 0.0656 e. The van der Waals surface area contributed by atoms with Crippen molar-refractivity contribution in [2.24, 2.45) is 5.73 Å². The molecule has 0 bridgehead atoms. The fourth-order valence-corrected chi connectivity index (χ4v) is 2.20. The van der Waals surface area contributed by atoms with Crippen LogP contribution in [0.2, 0.25) is 0 Å². The Morgan fingerprint density at radius 2 is 2.33 bits per heavy atom. The monoisotopic (exact) mass is 253 g/mol. The largest absolute Gasteiger partial charge is 0.324 e. The van der Waals surface area contributed by atoms with Crippen molar-refractivity contribution in [3.8, 4) is 0 Å². The highest BCUT2D eigenvalue weighted by Crippen LogP contribution is 2.22. The number of hydrogen-bond donors (Lipinski definition) is 1. The SMILES string of the molecule is C[C@H](N)c1ccc(I)s1. The summed E-state index contributed by atoms with van der Waals surface area (Å²) in [7, 11) is 0. The summed E-state index contributed by atoms with van der Waals surface area (Å²) in [6.45, 7) is 2.00. The summed E-state index contributed by atoms with van der Waals surface area (Å²) in [5.74, 6) is 0. The van der Waals surface area contributed by atoms with Crippen molar-refractivity contribution in [3.63, 3.8) is 0 Å². The minimum atomic E-state index is 0.193. The van der Waals surface area contributed by atoms with Crippen molar-refractivity contribution >= 4 is 33.9 Å². The van der Waals surface area contributed by atoms with Crippen molar-refractivity contribution in [2.45, 2.75) is 13.0 Å². The first-order valence-electron chi connectivity index (χ1n) is 2.71. The number of halogens is 1. The Balaban J connectivity index is 2.85. The highest BCUT2D eigenvalue weighted by Gasteiger charge is 2.00. The van der Waals surface area contributed by atoms with Crippen molar-refractivity contribution in [1.29, 1.82) is 0 Å². The molecule has 0 aliphatic rings. The molecule has 3 heteroatoms. The van der Waals surface area contributed by atoms with Gasteiger partial charge in [-0.25, -0.2) is 0 Å². The molecule has 1 aromatic heterocycles. The molecule has 1 rings (SSSR count). The predicted octanol–water partition coefficient (Wildman–Crippen LogP) is 2.37. The second kappa shape index (κ2) is 2.98. The Bertz CT molecular complexity index is 195. The standard InChI is InChI=1S/C6H8INS/c1-4(8)5-2-3-6(7)9-5/h2-4H,8H2,1H3/t4-/m0/s1. The normalized spacial score (nSPS) is 13.7. The molecule has 1 heterocycles. The summed E-state index contributed by atoms with van der Waals surface area (Å²) in [6, 6.07) is 4.36. The molecule has 9 heavy (non-hydrogen) atoms. The highest BCUT2D eigenvalue weighted by molar-refractivity contribution is 14.1. The second-order valence-corrected chi connectivity index (χ2v) is 4.94. The molecule has 0 unspecified atom stereocenters. The number of hydrogen-bond acceptors (Lipinski definition) is 2. The molecular formula is C6H8INS. The van der Waals surface area contributed by atoms with Gasteiger partial charge in [-0.1, -0.05) is 0 Å². The first-order chi connectivity index (χ1) is 4.20. The Kier molecular flexibility index (Phi) is 2.49. The fraction of sp³-hybridized carbons (Fsp3) is 0.333. The minimum Gasteiger partial charge on any atom is -0.324 e. The van der Waals surface area contributed by atoms with Crippen LogP contribution in [0.15, 0.2) is 12.1 Å². The maximum absolute atomic E-state index is 5.63. The quantitative estimate of drug-likeness (QED) is 0.764. The third-order valence-electron chi connectivity index (χ3n) is 1.04. The third kappa shape index (κ3) is 1.91. The Labute approximate surface area is 72.4 Å². The van der Waals surface area contributed by atoms with Crippen molar-refractivity contribution in [2.75, 3.05) is 0 Å². The van der Waals surface area contributed by atoms with E-state index in [0.717, 1.165) is 0 Å². The summed E-state index contributed by atoms with van der Waals surface area (Å²) in [6.07, 6.45) is 0. The van der Waals surface area contributed by atoms with Crippen molar-refractivity contribution in [3.05, 3.63) is 19.9 Å². The van der Waals surface area contributed by atoms with E-state index in [9.17, 15) is 0 Å². The average Bonchev–Trinajstić information content (AvgIpc) is 2.14. The lowest BCUT2D eigenvalue weighted by atomic mass is 10.3. The van der Waals surface area contributed by atoms with Crippen LogP contribution in [0, 0.1) is 2.88 Å². The van der Waals surface area contributed by atoms with Crippen LogP contribution < -0.4 is 5.73 Å². The Hall–Kier alpha value is 0.390. The van der Waals surface area contributed by atoms with E-state index in [4.69, 9.17) is 5.73 Å².